The van der Waals surface area contributed by atoms with Crippen molar-refractivity contribution in [3.63, 3.8) is 0 Å². The summed E-state index contributed by atoms with van der Waals surface area (Å²) in [5, 5.41) is 8.99. The molecule has 0 radical (unpaired) electrons. The van der Waals surface area contributed by atoms with Crippen LogP contribution in [0.2, 0.25) is 0 Å². The number of alkyl halides is 3. The second-order valence-corrected chi connectivity index (χ2v) is 3.96. The summed E-state index contributed by atoms with van der Waals surface area (Å²) in [7, 11) is 1.48. The molecule has 98 valence electrons. The minimum Gasteiger partial charge on any atom is -0.383 e. The molecule has 1 heterocycles. The van der Waals surface area contributed by atoms with E-state index in [2.05, 4.69) is 4.98 Å². The Morgan fingerprint density at radius 2 is 2.06 bits per heavy atom. The topological polar surface area (TPSA) is 38.0 Å². The Hall–Kier alpha value is -1.63. The number of aliphatic hydroxyl groups is 1. The van der Waals surface area contributed by atoms with E-state index in [1.54, 1.807) is 6.07 Å². The molecule has 18 heavy (non-hydrogen) atoms. The van der Waals surface area contributed by atoms with Crippen molar-refractivity contribution < 1.29 is 22.7 Å². The van der Waals surface area contributed by atoms with Crippen LogP contribution in [0, 0.1) is 5.82 Å². The highest BCUT2D eigenvalue weighted by Gasteiger charge is 2.39. The summed E-state index contributed by atoms with van der Waals surface area (Å²) >= 11 is 0. The summed E-state index contributed by atoms with van der Waals surface area (Å²) < 4.78 is 51.5. The molecule has 0 aliphatic heterocycles. The summed E-state index contributed by atoms with van der Waals surface area (Å²) in [6.45, 7) is 0. The summed E-state index contributed by atoms with van der Waals surface area (Å²) in [6.07, 6.45) is -7.92. The van der Waals surface area contributed by atoms with Gasteiger partial charge in [0.2, 0.25) is 0 Å². The van der Waals surface area contributed by atoms with Crippen molar-refractivity contribution >= 4 is 11.0 Å². The largest absolute Gasteiger partial charge is 0.414 e. The van der Waals surface area contributed by atoms with Crippen LogP contribution in [0.5, 0.6) is 0 Å². The van der Waals surface area contributed by atoms with Crippen LogP contribution in [0.15, 0.2) is 18.2 Å². The molecule has 1 unspecified atom stereocenters. The molecule has 0 aliphatic rings. The van der Waals surface area contributed by atoms with Crippen molar-refractivity contribution in [1.82, 2.24) is 9.55 Å². The minimum atomic E-state index is -4.71. The summed E-state index contributed by atoms with van der Waals surface area (Å²) in [5.74, 6) is -0.615. The van der Waals surface area contributed by atoms with E-state index in [0.29, 0.717) is 5.52 Å². The second kappa shape index (κ2) is 4.24. The summed E-state index contributed by atoms with van der Waals surface area (Å²) in [5.41, 5.74) is 0.392. The van der Waals surface area contributed by atoms with Crippen molar-refractivity contribution in [2.24, 2.45) is 7.05 Å². The lowest BCUT2D eigenvalue weighted by atomic mass is 10.2. The van der Waals surface area contributed by atoms with Gasteiger partial charge in [-0.15, -0.1) is 0 Å². The molecule has 0 fully saturated rings. The molecular weight excluding hydrogens is 252 g/mol. The number of aromatic nitrogens is 2. The predicted molar refractivity (Wildman–Crippen MR) is 56.4 cm³/mol. The van der Waals surface area contributed by atoms with Gasteiger partial charge in [-0.3, -0.25) is 0 Å². The fraction of sp³-hybridized carbons (Fsp3) is 0.364. The van der Waals surface area contributed by atoms with Crippen LogP contribution < -0.4 is 0 Å². The number of halogens is 4. The van der Waals surface area contributed by atoms with Crippen LogP contribution in [-0.2, 0) is 13.5 Å². The van der Waals surface area contributed by atoms with E-state index in [-0.39, 0.29) is 11.3 Å². The molecule has 1 aromatic carbocycles. The van der Waals surface area contributed by atoms with E-state index >= 15 is 0 Å². The first-order valence-corrected chi connectivity index (χ1v) is 5.15. The third-order valence-corrected chi connectivity index (χ3v) is 2.71. The van der Waals surface area contributed by atoms with Crippen LogP contribution in [0.1, 0.15) is 5.82 Å². The van der Waals surface area contributed by atoms with Gasteiger partial charge in [0, 0.05) is 13.5 Å². The van der Waals surface area contributed by atoms with Crippen LogP contribution in [0.25, 0.3) is 11.0 Å². The molecule has 0 saturated heterocycles. The summed E-state index contributed by atoms with van der Waals surface area (Å²) in [6, 6.07) is 4.18. The van der Waals surface area contributed by atoms with Crippen LogP contribution in [0.4, 0.5) is 17.6 Å². The molecule has 2 aromatic rings. The highest BCUT2D eigenvalue weighted by molar-refractivity contribution is 5.76. The maximum absolute atomic E-state index is 13.4. The van der Waals surface area contributed by atoms with Crippen molar-refractivity contribution in [2.45, 2.75) is 18.7 Å². The standard InChI is InChI=1S/C11H10F4N2O/c1-17-7-4-2-3-6(12)10(7)16-9(17)5-8(18)11(13,14)15/h2-4,8,18H,5H2,1H3. The Morgan fingerprint density at radius 1 is 1.39 bits per heavy atom. The zero-order valence-electron chi connectivity index (χ0n) is 9.37. The Bertz CT molecular complexity index is 576. The molecule has 0 saturated carbocycles. The number of imidazole rings is 1. The molecule has 0 aliphatic carbocycles. The zero-order valence-corrected chi connectivity index (χ0v) is 9.37. The van der Waals surface area contributed by atoms with Gasteiger partial charge in [0.25, 0.3) is 0 Å². The van der Waals surface area contributed by atoms with Crippen LogP contribution in [-0.4, -0.2) is 26.9 Å². The molecule has 3 nitrogen and oxygen atoms in total. The van der Waals surface area contributed by atoms with Crippen LogP contribution >= 0.6 is 0 Å². The molecule has 1 aromatic heterocycles. The van der Waals surface area contributed by atoms with Gasteiger partial charge in [0.05, 0.1) is 5.52 Å². The quantitative estimate of drug-likeness (QED) is 0.842. The number of hydrogen-bond acceptors (Lipinski definition) is 2. The highest BCUT2D eigenvalue weighted by Crippen LogP contribution is 2.24. The molecule has 0 amide bonds. The van der Waals surface area contributed by atoms with Gasteiger partial charge in [-0.25, -0.2) is 9.37 Å². The fourth-order valence-electron chi connectivity index (χ4n) is 1.70. The minimum absolute atomic E-state index is 0.00405. The summed E-state index contributed by atoms with van der Waals surface area (Å²) in [4.78, 5) is 3.79. The fourth-order valence-corrected chi connectivity index (χ4v) is 1.70. The first-order chi connectivity index (χ1) is 8.30. The molecule has 1 N–H and O–H groups in total. The van der Waals surface area contributed by atoms with E-state index in [9.17, 15) is 17.6 Å². The smallest absolute Gasteiger partial charge is 0.383 e. The van der Waals surface area contributed by atoms with Gasteiger partial charge < -0.3 is 9.67 Å². The molecule has 1 atom stereocenters. The number of rotatable bonds is 2. The first-order valence-electron chi connectivity index (χ1n) is 5.15. The lowest BCUT2D eigenvalue weighted by Gasteiger charge is -2.13. The van der Waals surface area contributed by atoms with E-state index in [4.69, 9.17) is 5.11 Å². The Balaban J connectivity index is 2.41. The molecule has 2 rings (SSSR count). The highest BCUT2D eigenvalue weighted by atomic mass is 19.4. The second-order valence-electron chi connectivity index (χ2n) is 3.96. The number of aryl methyl sites for hydroxylation is 1. The number of benzene rings is 1. The van der Waals surface area contributed by atoms with E-state index in [1.165, 1.54) is 23.7 Å². The molecular formula is C11H10F4N2O. The van der Waals surface area contributed by atoms with Crippen molar-refractivity contribution in [2.75, 3.05) is 0 Å². The van der Waals surface area contributed by atoms with Crippen molar-refractivity contribution in [1.29, 1.82) is 0 Å². The Morgan fingerprint density at radius 3 is 2.61 bits per heavy atom. The lowest BCUT2D eigenvalue weighted by Crippen LogP contribution is -2.31. The van der Waals surface area contributed by atoms with Crippen molar-refractivity contribution in [3.05, 3.63) is 29.8 Å². The maximum atomic E-state index is 13.4. The van der Waals surface area contributed by atoms with E-state index in [0.717, 1.165) is 0 Å². The third-order valence-electron chi connectivity index (χ3n) is 2.71. The van der Waals surface area contributed by atoms with Gasteiger partial charge >= 0.3 is 6.18 Å². The third kappa shape index (κ3) is 2.17. The average Bonchev–Trinajstić information content (AvgIpc) is 2.57. The van der Waals surface area contributed by atoms with Gasteiger partial charge in [-0.2, -0.15) is 13.2 Å². The van der Waals surface area contributed by atoms with Gasteiger partial charge in [0.1, 0.15) is 11.3 Å². The number of aliphatic hydroxyl groups excluding tert-OH is 1. The monoisotopic (exact) mass is 262 g/mol. The number of fused-ring (bicyclic) bond motifs is 1. The van der Waals surface area contributed by atoms with Crippen molar-refractivity contribution in [3.8, 4) is 0 Å². The van der Waals surface area contributed by atoms with Crippen LogP contribution in [0.3, 0.4) is 0 Å². The SMILES string of the molecule is Cn1c(CC(O)C(F)(F)F)nc2c(F)cccc21. The Kier molecular flexibility index (Phi) is 3.02. The maximum Gasteiger partial charge on any atom is 0.414 e. The number of hydrogen-bond donors (Lipinski definition) is 1. The molecule has 0 spiro atoms. The normalized spacial score (nSPS) is 14.1. The van der Waals surface area contributed by atoms with E-state index in [1.807, 2.05) is 0 Å². The Labute approximate surface area is 99.7 Å². The number of para-hydroxylation sites is 1. The number of nitrogens with zero attached hydrogens (tertiary/aromatic N) is 2. The van der Waals surface area contributed by atoms with Gasteiger partial charge in [-0.1, -0.05) is 6.07 Å². The predicted octanol–water partition coefficient (Wildman–Crippen LogP) is 2.18. The molecule has 7 heteroatoms. The average molecular weight is 262 g/mol. The lowest BCUT2D eigenvalue weighted by molar-refractivity contribution is -0.203. The zero-order chi connectivity index (χ0) is 13.5. The van der Waals surface area contributed by atoms with E-state index < -0.39 is 24.5 Å². The van der Waals surface area contributed by atoms with Gasteiger partial charge in [0.15, 0.2) is 11.9 Å². The molecule has 0 bridgehead atoms. The van der Waals surface area contributed by atoms with Gasteiger partial charge in [-0.05, 0) is 12.1 Å². The first kappa shape index (κ1) is 12.8.